The molecular weight excluding hydrogens is 242 g/mol. The monoisotopic (exact) mass is 253 g/mol. The minimum Gasteiger partial charge on any atom is -0.300 e. The number of H-pyrrole nitrogens is 1. The maximum atomic E-state index is 5.93. The zero-order chi connectivity index (χ0) is 11.7. The van der Waals surface area contributed by atoms with E-state index < -0.39 is 0 Å². The molecule has 3 nitrogen and oxygen atoms in total. The van der Waals surface area contributed by atoms with Crippen LogP contribution in [-0.4, -0.2) is 14.8 Å². The summed E-state index contributed by atoms with van der Waals surface area (Å²) in [5.41, 5.74) is 2.15. The zero-order valence-electron chi connectivity index (χ0n) is 9.12. The second-order valence-electron chi connectivity index (χ2n) is 3.56. The van der Waals surface area contributed by atoms with E-state index in [4.69, 9.17) is 23.8 Å². The third-order valence-corrected chi connectivity index (χ3v) is 3.05. The number of hydrogen-bond donors (Lipinski definition) is 1. The summed E-state index contributed by atoms with van der Waals surface area (Å²) in [6.45, 7) is 4.85. The maximum absolute atomic E-state index is 5.93. The smallest absolute Gasteiger partial charge is 0.195 e. The minimum atomic E-state index is 0.645. The highest BCUT2D eigenvalue weighted by Crippen LogP contribution is 2.24. The molecule has 1 heterocycles. The summed E-state index contributed by atoms with van der Waals surface area (Å²) in [7, 11) is 0. The lowest BCUT2D eigenvalue weighted by atomic mass is 10.1. The van der Waals surface area contributed by atoms with Gasteiger partial charge in [-0.3, -0.25) is 5.10 Å². The van der Waals surface area contributed by atoms with E-state index in [1.165, 1.54) is 0 Å². The molecule has 2 aromatic rings. The van der Waals surface area contributed by atoms with Gasteiger partial charge in [0.15, 0.2) is 10.6 Å². The van der Waals surface area contributed by atoms with Crippen LogP contribution in [0.25, 0.3) is 11.4 Å². The molecule has 0 saturated heterocycles. The average Bonchev–Trinajstić information content (AvgIpc) is 2.59. The number of hydrogen-bond acceptors (Lipinski definition) is 2. The van der Waals surface area contributed by atoms with Gasteiger partial charge in [0, 0.05) is 17.1 Å². The predicted octanol–water partition coefficient (Wildman–Crippen LogP) is 3.59. The Morgan fingerprint density at radius 1 is 1.50 bits per heavy atom. The molecule has 0 amide bonds. The number of rotatable bonds is 2. The van der Waals surface area contributed by atoms with Crippen LogP contribution in [0.15, 0.2) is 18.2 Å². The van der Waals surface area contributed by atoms with Crippen molar-refractivity contribution in [1.29, 1.82) is 0 Å². The molecule has 84 valence electrons. The lowest BCUT2D eigenvalue weighted by Gasteiger charge is -2.06. The Balaban J connectivity index is 2.63. The Labute approximate surface area is 104 Å². The highest BCUT2D eigenvalue weighted by molar-refractivity contribution is 7.71. The highest BCUT2D eigenvalue weighted by atomic mass is 35.5. The topological polar surface area (TPSA) is 33.6 Å². The zero-order valence-corrected chi connectivity index (χ0v) is 10.7. The van der Waals surface area contributed by atoms with Gasteiger partial charge in [0.2, 0.25) is 0 Å². The fraction of sp³-hybridized carbons (Fsp3) is 0.273. The summed E-state index contributed by atoms with van der Waals surface area (Å²) < 4.78 is 2.61. The highest BCUT2D eigenvalue weighted by Gasteiger charge is 2.09. The Morgan fingerprint density at radius 3 is 2.88 bits per heavy atom. The summed E-state index contributed by atoms with van der Waals surface area (Å²) in [5.74, 6) is 0.863. The van der Waals surface area contributed by atoms with Crippen molar-refractivity contribution in [1.82, 2.24) is 14.8 Å². The van der Waals surface area contributed by atoms with Crippen molar-refractivity contribution in [2.45, 2.75) is 20.4 Å². The minimum absolute atomic E-state index is 0.645. The third-order valence-electron chi connectivity index (χ3n) is 2.50. The lowest BCUT2D eigenvalue weighted by molar-refractivity contribution is 0.755. The van der Waals surface area contributed by atoms with Gasteiger partial charge in [-0.15, -0.1) is 0 Å². The van der Waals surface area contributed by atoms with E-state index in [1.54, 1.807) is 0 Å². The molecule has 0 aliphatic heterocycles. The van der Waals surface area contributed by atoms with Crippen LogP contribution in [-0.2, 0) is 6.54 Å². The Bertz CT molecular complexity index is 571. The van der Waals surface area contributed by atoms with Crippen LogP contribution >= 0.6 is 23.8 Å². The van der Waals surface area contributed by atoms with Crippen LogP contribution in [0, 0.1) is 11.7 Å². The molecule has 0 unspecified atom stereocenters. The van der Waals surface area contributed by atoms with Crippen LogP contribution in [0.1, 0.15) is 12.5 Å². The molecule has 16 heavy (non-hydrogen) atoms. The molecule has 0 radical (unpaired) electrons. The normalized spacial score (nSPS) is 10.7. The van der Waals surface area contributed by atoms with E-state index in [1.807, 2.05) is 36.6 Å². The second kappa shape index (κ2) is 4.39. The fourth-order valence-corrected chi connectivity index (χ4v) is 2.18. The fourth-order valence-electron chi connectivity index (χ4n) is 1.69. The van der Waals surface area contributed by atoms with Crippen molar-refractivity contribution in [2.75, 3.05) is 0 Å². The van der Waals surface area contributed by atoms with Crippen LogP contribution < -0.4 is 0 Å². The average molecular weight is 254 g/mol. The van der Waals surface area contributed by atoms with E-state index in [-0.39, 0.29) is 0 Å². The molecule has 0 bridgehead atoms. The number of aryl methyl sites for hydroxylation is 1. The van der Waals surface area contributed by atoms with Gasteiger partial charge in [0.1, 0.15) is 0 Å². The largest absolute Gasteiger partial charge is 0.300 e. The Hall–Kier alpha value is -1.13. The first-order valence-corrected chi connectivity index (χ1v) is 5.84. The molecule has 0 fully saturated rings. The summed E-state index contributed by atoms with van der Waals surface area (Å²) in [4.78, 5) is 0. The van der Waals surface area contributed by atoms with Crippen molar-refractivity contribution in [3.63, 3.8) is 0 Å². The van der Waals surface area contributed by atoms with Gasteiger partial charge in [0.25, 0.3) is 0 Å². The SMILES string of the molecule is CCn1c(-c2ccc(Cl)cc2C)n[nH]c1=S. The van der Waals surface area contributed by atoms with Gasteiger partial charge >= 0.3 is 0 Å². The number of nitrogens with zero attached hydrogens (tertiary/aromatic N) is 2. The number of aromatic nitrogens is 3. The van der Waals surface area contributed by atoms with Gasteiger partial charge in [-0.2, -0.15) is 5.10 Å². The number of nitrogens with one attached hydrogen (secondary N) is 1. The van der Waals surface area contributed by atoms with Gasteiger partial charge < -0.3 is 4.57 Å². The number of halogens is 1. The van der Waals surface area contributed by atoms with E-state index in [0.29, 0.717) is 4.77 Å². The molecule has 1 aromatic carbocycles. The van der Waals surface area contributed by atoms with Crippen molar-refractivity contribution in [2.24, 2.45) is 0 Å². The van der Waals surface area contributed by atoms with Gasteiger partial charge in [0.05, 0.1) is 0 Å². The maximum Gasteiger partial charge on any atom is 0.195 e. The van der Waals surface area contributed by atoms with Crippen molar-refractivity contribution < 1.29 is 0 Å². The molecule has 5 heteroatoms. The summed E-state index contributed by atoms with van der Waals surface area (Å²) >= 11 is 11.1. The lowest BCUT2D eigenvalue weighted by Crippen LogP contribution is -1.98. The van der Waals surface area contributed by atoms with Crippen molar-refractivity contribution >= 4 is 23.8 Å². The summed E-state index contributed by atoms with van der Waals surface area (Å²) in [6, 6.07) is 5.75. The van der Waals surface area contributed by atoms with E-state index >= 15 is 0 Å². The van der Waals surface area contributed by atoms with Crippen LogP contribution in [0.2, 0.25) is 5.02 Å². The van der Waals surface area contributed by atoms with Crippen molar-refractivity contribution in [3.8, 4) is 11.4 Å². The number of aromatic amines is 1. The van der Waals surface area contributed by atoms with Gasteiger partial charge in [-0.25, -0.2) is 0 Å². The second-order valence-corrected chi connectivity index (χ2v) is 4.38. The molecule has 0 aliphatic carbocycles. The van der Waals surface area contributed by atoms with Crippen LogP contribution in [0.3, 0.4) is 0 Å². The summed E-state index contributed by atoms with van der Waals surface area (Å²) in [5, 5.41) is 7.80. The van der Waals surface area contributed by atoms with E-state index in [2.05, 4.69) is 10.2 Å². The molecule has 2 rings (SSSR count). The van der Waals surface area contributed by atoms with Gasteiger partial charge in [-0.1, -0.05) is 11.6 Å². The summed E-state index contributed by atoms with van der Waals surface area (Å²) in [6.07, 6.45) is 0. The van der Waals surface area contributed by atoms with Gasteiger partial charge in [-0.05, 0) is 49.8 Å². The van der Waals surface area contributed by atoms with E-state index in [0.717, 1.165) is 28.5 Å². The predicted molar refractivity (Wildman–Crippen MR) is 68.3 cm³/mol. The quantitative estimate of drug-likeness (QED) is 0.830. The molecule has 1 aromatic heterocycles. The first kappa shape index (κ1) is 11.4. The number of benzene rings is 1. The Morgan fingerprint density at radius 2 is 2.25 bits per heavy atom. The third kappa shape index (κ3) is 1.90. The standard InChI is InChI=1S/C11H12ClN3S/c1-3-15-10(13-14-11(15)16)9-5-4-8(12)6-7(9)2/h4-6H,3H2,1-2H3,(H,14,16). The van der Waals surface area contributed by atoms with Crippen LogP contribution in [0.5, 0.6) is 0 Å². The molecule has 0 saturated carbocycles. The first-order valence-electron chi connectivity index (χ1n) is 5.05. The molecule has 0 aliphatic rings. The Kier molecular flexibility index (Phi) is 3.12. The molecular formula is C11H12ClN3S. The molecule has 0 atom stereocenters. The molecule has 1 N–H and O–H groups in total. The molecule has 0 spiro atoms. The first-order chi connectivity index (χ1) is 7.63. The van der Waals surface area contributed by atoms with Crippen molar-refractivity contribution in [3.05, 3.63) is 33.6 Å². The van der Waals surface area contributed by atoms with E-state index in [9.17, 15) is 0 Å². The van der Waals surface area contributed by atoms with Crippen LogP contribution in [0.4, 0.5) is 0 Å².